The minimum atomic E-state index is 0.512. The normalized spacial score (nSPS) is 10.4. The van der Waals surface area contributed by atoms with Crippen molar-refractivity contribution in [2.24, 2.45) is 0 Å². The Balaban J connectivity index is 2.13. The summed E-state index contributed by atoms with van der Waals surface area (Å²) in [7, 11) is 0. The topological polar surface area (TPSA) is 48.1 Å². The Labute approximate surface area is 108 Å². The van der Waals surface area contributed by atoms with Crippen molar-refractivity contribution in [2.75, 3.05) is 5.73 Å². The first-order valence-electron chi connectivity index (χ1n) is 5.97. The Morgan fingerprint density at radius 2 is 1.78 bits per heavy atom. The molecule has 0 aliphatic heterocycles. The molecule has 2 N–H and O–H groups in total. The van der Waals surface area contributed by atoms with Gasteiger partial charge in [-0.15, -0.1) is 0 Å². The number of benzene rings is 1. The summed E-state index contributed by atoms with van der Waals surface area (Å²) in [6.45, 7) is 6.73. The van der Waals surface area contributed by atoms with Gasteiger partial charge in [0.2, 0.25) is 0 Å². The predicted octanol–water partition coefficient (Wildman–Crippen LogP) is 3.17. The number of rotatable bonds is 3. The highest BCUT2D eigenvalue weighted by Gasteiger charge is 2.05. The summed E-state index contributed by atoms with van der Waals surface area (Å²) in [5, 5.41) is 0. The zero-order valence-corrected chi connectivity index (χ0v) is 11.0. The fraction of sp³-hybridized carbons (Fsp3) is 0.267. The summed E-state index contributed by atoms with van der Waals surface area (Å²) >= 11 is 0. The average Bonchev–Trinajstić information content (AvgIpc) is 2.30. The summed E-state index contributed by atoms with van der Waals surface area (Å²) in [6.07, 6.45) is 1.74. The average molecular weight is 242 g/mol. The Morgan fingerprint density at radius 3 is 2.33 bits per heavy atom. The van der Waals surface area contributed by atoms with Crippen LogP contribution in [0, 0.1) is 20.8 Å². The Bertz CT molecular complexity index is 524. The second-order valence-corrected chi connectivity index (χ2v) is 4.61. The van der Waals surface area contributed by atoms with Crippen LogP contribution in [0.5, 0.6) is 5.75 Å². The molecule has 1 heterocycles. The lowest BCUT2D eigenvalue weighted by Gasteiger charge is -2.13. The third kappa shape index (κ3) is 2.80. The fourth-order valence-corrected chi connectivity index (χ4v) is 2.07. The second-order valence-electron chi connectivity index (χ2n) is 4.61. The fourth-order valence-electron chi connectivity index (χ4n) is 2.07. The van der Waals surface area contributed by atoms with Gasteiger partial charge in [0.05, 0.1) is 0 Å². The lowest BCUT2D eigenvalue weighted by molar-refractivity contribution is 0.301. The molecule has 94 valence electrons. The molecule has 0 unspecified atom stereocenters. The summed E-state index contributed by atoms with van der Waals surface area (Å²) in [5.74, 6) is 1.49. The van der Waals surface area contributed by atoms with E-state index in [9.17, 15) is 0 Å². The van der Waals surface area contributed by atoms with Crippen LogP contribution in [-0.2, 0) is 6.61 Å². The molecule has 0 saturated carbocycles. The zero-order valence-electron chi connectivity index (χ0n) is 11.0. The van der Waals surface area contributed by atoms with Crippen LogP contribution in [-0.4, -0.2) is 4.98 Å². The van der Waals surface area contributed by atoms with Crippen LogP contribution in [0.2, 0.25) is 0 Å². The number of nitrogens with zero attached hydrogens (tertiary/aromatic N) is 1. The molecule has 1 aromatic heterocycles. The molecule has 1 aromatic carbocycles. The van der Waals surface area contributed by atoms with Gasteiger partial charge >= 0.3 is 0 Å². The van der Waals surface area contributed by atoms with Crippen molar-refractivity contribution >= 4 is 5.82 Å². The lowest BCUT2D eigenvalue weighted by atomic mass is 10.1. The molecular weight excluding hydrogens is 224 g/mol. The zero-order chi connectivity index (χ0) is 13.1. The molecule has 0 bridgehead atoms. The van der Waals surface area contributed by atoms with E-state index >= 15 is 0 Å². The highest BCUT2D eigenvalue weighted by atomic mass is 16.5. The molecule has 0 radical (unpaired) electrons. The van der Waals surface area contributed by atoms with Gasteiger partial charge in [-0.1, -0.05) is 23.8 Å². The molecule has 2 rings (SSSR count). The van der Waals surface area contributed by atoms with Gasteiger partial charge in [0, 0.05) is 11.8 Å². The number of aromatic nitrogens is 1. The molecule has 0 aliphatic carbocycles. The van der Waals surface area contributed by atoms with Gasteiger partial charge in [0.1, 0.15) is 18.2 Å². The number of hydrogen-bond acceptors (Lipinski definition) is 3. The van der Waals surface area contributed by atoms with Crippen LogP contribution in [0.15, 0.2) is 30.5 Å². The molecule has 18 heavy (non-hydrogen) atoms. The predicted molar refractivity (Wildman–Crippen MR) is 73.6 cm³/mol. The quantitative estimate of drug-likeness (QED) is 0.899. The van der Waals surface area contributed by atoms with Crippen molar-refractivity contribution in [1.82, 2.24) is 4.98 Å². The van der Waals surface area contributed by atoms with Crippen LogP contribution in [0.4, 0.5) is 5.82 Å². The summed E-state index contributed by atoms with van der Waals surface area (Å²) in [4.78, 5) is 4.05. The number of pyridine rings is 1. The number of ether oxygens (including phenoxy) is 1. The second kappa shape index (κ2) is 5.08. The monoisotopic (exact) mass is 242 g/mol. The maximum absolute atomic E-state index is 5.87. The third-order valence-electron chi connectivity index (χ3n) is 2.84. The SMILES string of the molecule is Cc1cc(C)c(OCc2ccc(N)nc2)c(C)c1. The minimum Gasteiger partial charge on any atom is -0.488 e. The first-order chi connectivity index (χ1) is 8.56. The minimum absolute atomic E-state index is 0.512. The van der Waals surface area contributed by atoms with Gasteiger partial charge in [-0.2, -0.15) is 0 Å². The van der Waals surface area contributed by atoms with Gasteiger partial charge in [-0.25, -0.2) is 4.98 Å². The van der Waals surface area contributed by atoms with E-state index in [2.05, 4.69) is 37.9 Å². The summed E-state index contributed by atoms with van der Waals surface area (Å²) in [5.41, 5.74) is 10.1. The Kier molecular flexibility index (Phi) is 3.51. The van der Waals surface area contributed by atoms with Crippen LogP contribution in [0.3, 0.4) is 0 Å². The van der Waals surface area contributed by atoms with E-state index in [1.165, 1.54) is 5.56 Å². The number of nitrogens with two attached hydrogens (primary N) is 1. The molecule has 3 nitrogen and oxygen atoms in total. The van der Waals surface area contributed by atoms with Gasteiger partial charge < -0.3 is 10.5 Å². The summed E-state index contributed by atoms with van der Waals surface area (Å²) in [6, 6.07) is 7.97. The van der Waals surface area contributed by atoms with E-state index in [-0.39, 0.29) is 0 Å². The van der Waals surface area contributed by atoms with Crippen molar-refractivity contribution in [1.29, 1.82) is 0 Å². The molecule has 0 amide bonds. The van der Waals surface area contributed by atoms with E-state index in [1.807, 2.05) is 6.07 Å². The summed E-state index contributed by atoms with van der Waals surface area (Å²) < 4.78 is 5.87. The van der Waals surface area contributed by atoms with E-state index in [4.69, 9.17) is 10.5 Å². The number of aryl methyl sites for hydroxylation is 3. The standard InChI is InChI=1S/C15H18N2O/c1-10-6-11(2)15(12(3)7-10)18-9-13-4-5-14(16)17-8-13/h4-8H,9H2,1-3H3,(H2,16,17). The van der Waals surface area contributed by atoms with Crippen LogP contribution < -0.4 is 10.5 Å². The van der Waals surface area contributed by atoms with Gasteiger partial charge in [0.25, 0.3) is 0 Å². The number of nitrogen functional groups attached to an aromatic ring is 1. The molecule has 0 atom stereocenters. The van der Waals surface area contributed by atoms with Crippen molar-refractivity contribution in [3.05, 3.63) is 52.7 Å². The Morgan fingerprint density at radius 1 is 1.11 bits per heavy atom. The number of hydrogen-bond donors (Lipinski definition) is 1. The van der Waals surface area contributed by atoms with E-state index < -0.39 is 0 Å². The smallest absolute Gasteiger partial charge is 0.125 e. The maximum Gasteiger partial charge on any atom is 0.125 e. The first-order valence-corrected chi connectivity index (χ1v) is 5.97. The highest BCUT2D eigenvalue weighted by Crippen LogP contribution is 2.25. The molecule has 3 heteroatoms. The largest absolute Gasteiger partial charge is 0.488 e. The van der Waals surface area contributed by atoms with Crippen LogP contribution in [0.1, 0.15) is 22.3 Å². The van der Waals surface area contributed by atoms with Crippen molar-refractivity contribution in [3.8, 4) is 5.75 Å². The van der Waals surface area contributed by atoms with Gasteiger partial charge in [0.15, 0.2) is 0 Å². The molecule has 0 saturated heterocycles. The van der Waals surface area contributed by atoms with Crippen molar-refractivity contribution < 1.29 is 4.74 Å². The van der Waals surface area contributed by atoms with E-state index in [0.29, 0.717) is 12.4 Å². The van der Waals surface area contributed by atoms with Crippen molar-refractivity contribution in [3.63, 3.8) is 0 Å². The molecule has 0 fully saturated rings. The van der Waals surface area contributed by atoms with Crippen LogP contribution in [0.25, 0.3) is 0 Å². The van der Waals surface area contributed by atoms with E-state index in [0.717, 1.165) is 22.4 Å². The van der Waals surface area contributed by atoms with E-state index in [1.54, 1.807) is 12.3 Å². The maximum atomic E-state index is 5.87. The highest BCUT2D eigenvalue weighted by molar-refractivity contribution is 5.43. The third-order valence-corrected chi connectivity index (χ3v) is 2.84. The number of anilines is 1. The van der Waals surface area contributed by atoms with Crippen LogP contribution >= 0.6 is 0 Å². The first kappa shape index (κ1) is 12.4. The van der Waals surface area contributed by atoms with Crippen molar-refractivity contribution in [2.45, 2.75) is 27.4 Å². The molecule has 0 spiro atoms. The van der Waals surface area contributed by atoms with Gasteiger partial charge in [-0.05, 0) is 38.0 Å². The molecule has 2 aromatic rings. The molecule has 0 aliphatic rings. The Hall–Kier alpha value is -2.03. The van der Waals surface area contributed by atoms with Gasteiger partial charge in [-0.3, -0.25) is 0 Å². The molecular formula is C15H18N2O. The lowest BCUT2D eigenvalue weighted by Crippen LogP contribution is -2.00.